The number of Topliss-reactive ketones (excluding diaryl/α,β-unsaturated/α-hetero) is 1. The summed E-state index contributed by atoms with van der Waals surface area (Å²) in [6.45, 7) is 3.37. The lowest BCUT2D eigenvalue weighted by molar-refractivity contribution is -0.147. The van der Waals surface area contributed by atoms with E-state index in [0.717, 1.165) is 4.88 Å². The number of aliphatic carboxylic acids is 2. The third-order valence-corrected chi connectivity index (χ3v) is 5.69. The van der Waals surface area contributed by atoms with Gasteiger partial charge in [0, 0.05) is 27.8 Å². The Balaban J connectivity index is 2.20. The predicted molar refractivity (Wildman–Crippen MR) is 88.2 cm³/mol. The second-order valence-corrected chi connectivity index (χ2v) is 7.26. The molecule has 2 N–H and O–H groups in total. The van der Waals surface area contributed by atoms with Crippen molar-refractivity contribution >= 4 is 34.8 Å². The summed E-state index contributed by atoms with van der Waals surface area (Å²) >= 11 is 1.37. The van der Waals surface area contributed by atoms with Crippen LogP contribution in [-0.2, 0) is 14.4 Å². The SMILES string of the molecule is CC1=NC2=C(C(=O)C(C(=O)O)C(C)C2)C(c2cccs2)C1C(=O)O. The number of thiophene rings is 1. The Hall–Kier alpha value is -2.28. The molecule has 4 atom stereocenters. The fourth-order valence-electron chi connectivity index (χ4n) is 3.68. The maximum atomic E-state index is 12.9. The van der Waals surface area contributed by atoms with Crippen molar-refractivity contribution in [3.8, 4) is 0 Å². The van der Waals surface area contributed by atoms with Crippen LogP contribution in [0.2, 0.25) is 0 Å². The van der Waals surface area contributed by atoms with E-state index < -0.39 is 35.5 Å². The minimum Gasteiger partial charge on any atom is -0.481 e. The van der Waals surface area contributed by atoms with E-state index in [1.807, 2.05) is 5.38 Å². The standard InChI is InChI=1S/C17H17NO5S/c1-7-6-9-13(15(19)11(7)16(20)21)14(10-4-3-5-24-10)12(17(22)23)8(2)18-9/h3-5,7,11-12,14H,6H2,1-2H3,(H,20,21)(H,22,23). The van der Waals surface area contributed by atoms with E-state index in [2.05, 4.69) is 4.99 Å². The Kier molecular flexibility index (Phi) is 4.13. The molecule has 0 saturated carbocycles. The van der Waals surface area contributed by atoms with E-state index in [-0.39, 0.29) is 11.5 Å². The van der Waals surface area contributed by atoms with Gasteiger partial charge in [-0.15, -0.1) is 11.3 Å². The number of allylic oxidation sites excluding steroid dienone is 2. The number of hydrogen-bond donors (Lipinski definition) is 2. The molecule has 1 aromatic rings. The minimum atomic E-state index is -1.16. The number of rotatable bonds is 3. The molecule has 4 unspecified atom stereocenters. The molecule has 1 aliphatic heterocycles. The highest BCUT2D eigenvalue weighted by Gasteiger charge is 2.48. The lowest BCUT2D eigenvalue weighted by Crippen LogP contribution is -2.42. The highest BCUT2D eigenvalue weighted by molar-refractivity contribution is 7.10. The van der Waals surface area contributed by atoms with E-state index in [9.17, 15) is 24.6 Å². The summed E-state index contributed by atoms with van der Waals surface area (Å²) in [6, 6.07) is 3.58. The normalized spacial score (nSPS) is 29.9. The van der Waals surface area contributed by atoms with Crippen molar-refractivity contribution in [3.63, 3.8) is 0 Å². The third-order valence-electron chi connectivity index (χ3n) is 4.73. The van der Waals surface area contributed by atoms with E-state index in [0.29, 0.717) is 17.8 Å². The average Bonchev–Trinajstić information content (AvgIpc) is 2.98. The van der Waals surface area contributed by atoms with Crippen LogP contribution in [0.15, 0.2) is 33.8 Å². The topological polar surface area (TPSA) is 104 Å². The molecular formula is C17H17NO5S. The highest BCUT2D eigenvalue weighted by atomic mass is 32.1. The van der Waals surface area contributed by atoms with E-state index in [1.54, 1.807) is 26.0 Å². The van der Waals surface area contributed by atoms with Gasteiger partial charge in [-0.25, -0.2) is 0 Å². The van der Waals surface area contributed by atoms with Crippen LogP contribution >= 0.6 is 11.3 Å². The largest absolute Gasteiger partial charge is 0.481 e. The van der Waals surface area contributed by atoms with Crippen molar-refractivity contribution in [1.29, 1.82) is 0 Å². The van der Waals surface area contributed by atoms with Gasteiger partial charge >= 0.3 is 11.9 Å². The minimum absolute atomic E-state index is 0.265. The first-order valence-electron chi connectivity index (χ1n) is 7.64. The fourth-order valence-corrected chi connectivity index (χ4v) is 4.55. The van der Waals surface area contributed by atoms with Gasteiger partial charge in [-0.2, -0.15) is 0 Å². The van der Waals surface area contributed by atoms with Gasteiger partial charge in [0.05, 0.1) is 0 Å². The molecule has 7 heteroatoms. The van der Waals surface area contributed by atoms with Gasteiger partial charge in [-0.05, 0) is 30.7 Å². The van der Waals surface area contributed by atoms with Gasteiger partial charge in [-0.1, -0.05) is 13.0 Å². The molecule has 1 aromatic heterocycles. The van der Waals surface area contributed by atoms with Crippen LogP contribution in [0.5, 0.6) is 0 Å². The zero-order valence-electron chi connectivity index (χ0n) is 13.2. The number of carbonyl (C=O) groups excluding carboxylic acids is 1. The molecule has 2 aliphatic rings. The molecule has 6 nitrogen and oxygen atoms in total. The summed E-state index contributed by atoms with van der Waals surface area (Å²) in [5, 5.41) is 20.9. The summed E-state index contributed by atoms with van der Waals surface area (Å²) in [5.74, 6) is -5.85. The van der Waals surface area contributed by atoms with E-state index in [1.165, 1.54) is 11.3 Å². The van der Waals surface area contributed by atoms with Gasteiger partial charge in [0.2, 0.25) is 0 Å². The lowest BCUT2D eigenvalue weighted by Gasteiger charge is -2.36. The fraction of sp³-hybridized carbons (Fsp3) is 0.412. The Morgan fingerprint density at radius 3 is 2.46 bits per heavy atom. The lowest BCUT2D eigenvalue weighted by atomic mass is 9.68. The first-order chi connectivity index (χ1) is 11.3. The first-order valence-corrected chi connectivity index (χ1v) is 8.52. The average molecular weight is 347 g/mol. The summed E-state index contributed by atoms with van der Waals surface area (Å²) in [4.78, 5) is 41.3. The smallest absolute Gasteiger partial charge is 0.314 e. The maximum absolute atomic E-state index is 12.9. The van der Waals surface area contributed by atoms with Crippen LogP contribution in [-0.4, -0.2) is 33.6 Å². The van der Waals surface area contributed by atoms with E-state index >= 15 is 0 Å². The van der Waals surface area contributed by atoms with Crippen molar-refractivity contribution in [1.82, 2.24) is 0 Å². The van der Waals surface area contributed by atoms with Crippen LogP contribution in [0.1, 0.15) is 31.1 Å². The number of carbonyl (C=O) groups is 3. The van der Waals surface area contributed by atoms with Gasteiger partial charge in [0.15, 0.2) is 5.78 Å². The monoisotopic (exact) mass is 347 g/mol. The predicted octanol–water partition coefficient (Wildman–Crippen LogP) is 2.57. The van der Waals surface area contributed by atoms with Gasteiger partial charge in [-0.3, -0.25) is 19.4 Å². The quantitative estimate of drug-likeness (QED) is 0.818. The molecule has 3 rings (SSSR count). The molecule has 0 aromatic carbocycles. The zero-order valence-corrected chi connectivity index (χ0v) is 14.0. The summed E-state index contributed by atoms with van der Waals surface area (Å²) in [5.41, 5.74) is 1.26. The van der Waals surface area contributed by atoms with Gasteiger partial charge in [0.1, 0.15) is 11.8 Å². The summed E-state index contributed by atoms with van der Waals surface area (Å²) in [6.07, 6.45) is 0.365. The van der Waals surface area contributed by atoms with Gasteiger partial charge in [0.25, 0.3) is 0 Å². The second kappa shape index (κ2) is 5.98. The van der Waals surface area contributed by atoms with Crippen molar-refractivity contribution < 1.29 is 24.6 Å². The molecule has 0 saturated heterocycles. The summed E-state index contributed by atoms with van der Waals surface area (Å²) < 4.78 is 0. The molecule has 126 valence electrons. The summed E-state index contributed by atoms with van der Waals surface area (Å²) in [7, 11) is 0. The molecule has 0 spiro atoms. The molecule has 1 aliphatic carbocycles. The number of nitrogens with zero attached hydrogens (tertiary/aromatic N) is 1. The number of hydrogen-bond acceptors (Lipinski definition) is 5. The first kappa shape index (κ1) is 16.6. The van der Waals surface area contributed by atoms with Crippen LogP contribution in [0.25, 0.3) is 0 Å². The maximum Gasteiger partial charge on any atom is 0.314 e. The number of carboxylic acid groups (broad SMARTS) is 2. The molecule has 0 radical (unpaired) electrons. The van der Waals surface area contributed by atoms with Crippen molar-refractivity contribution in [3.05, 3.63) is 33.7 Å². The number of ketones is 1. The van der Waals surface area contributed by atoms with Crippen molar-refractivity contribution in [2.75, 3.05) is 0 Å². The third kappa shape index (κ3) is 2.49. The van der Waals surface area contributed by atoms with Crippen LogP contribution < -0.4 is 0 Å². The molecule has 0 amide bonds. The molecule has 0 fully saturated rings. The Morgan fingerprint density at radius 2 is 1.92 bits per heavy atom. The Bertz CT molecular complexity index is 777. The Labute approximate surface area is 142 Å². The van der Waals surface area contributed by atoms with Crippen LogP contribution in [0.3, 0.4) is 0 Å². The molecule has 24 heavy (non-hydrogen) atoms. The van der Waals surface area contributed by atoms with E-state index in [4.69, 9.17) is 0 Å². The highest BCUT2D eigenvalue weighted by Crippen LogP contribution is 2.47. The molecule has 2 heterocycles. The number of carboxylic acids is 2. The van der Waals surface area contributed by atoms with Crippen molar-refractivity contribution in [2.24, 2.45) is 22.7 Å². The number of aliphatic imine (C=N–C) groups is 1. The van der Waals surface area contributed by atoms with Crippen LogP contribution in [0, 0.1) is 17.8 Å². The molecular weight excluding hydrogens is 330 g/mol. The zero-order chi connectivity index (χ0) is 17.6. The van der Waals surface area contributed by atoms with Crippen LogP contribution in [0.4, 0.5) is 0 Å². The second-order valence-electron chi connectivity index (χ2n) is 6.28. The van der Waals surface area contributed by atoms with Gasteiger partial charge < -0.3 is 10.2 Å². The Morgan fingerprint density at radius 1 is 1.25 bits per heavy atom. The van der Waals surface area contributed by atoms with Crippen molar-refractivity contribution in [2.45, 2.75) is 26.2 Å². The molecule has 0 bridgehead atoms.